The molecular weight excluding hydrogens is 244 g/mol. The third kappa shape index (κ3) is 3.48. The molecule has 0 aliphatic rings. The summed E-state index contributed by atoms with van der Waals surface area (Å²) in [7, 11) is 0. The molecule has 1 atom stereocenters. The summed E-state index contributed by atoms with van der Waals surface area (Å²) < 4.78 is 5.44. The van der Waals surface area contributed by atoms with E-state index >= 15 is 0 Å². The van der Waals surface area contributed by atoms with Crippen molar-refractivity contribution >= 4 is 11.9 Å². The van der Waals surface area contributed by atoms with Crippen LogP contribution in [0.3, 0.4) is 0 Å². The van der Waals surface area contributed by atoms with E-state index in [1.165, 1.54) is 0 Å². The molecule has 0 aliphatic heterocycles. The van der Waals surface area contributed by atoms with Gasteiger partial charge in [0, 0.05) is 0 Å². The van der Waals surface area contributed by atoms with Crippen molar-refractivity contribution < 1.29 is 19.4 Å². The van der Waals surface area contributed by atoms with Crippen molar-refractivity contribution in [3.05, 3.63) is 0 Å². The second-order valence-corrected chi connectivity index (χ2v) is 6.90. The van der Waals surface area contributed by atoms with Crippen LogP contribution in [0.1, 0.15) is 55.4 Å². The van der Waals surface area contributed by atoms with Crippen molar-refractivity contribution in [3.8, 4) is 0 Å². The molecule has 0 aromatic rings. The summed E-state index contributed by atoms with van der Waals surface area (Å²) >= 11 is 0. The Morgan fingerprint density at radius 3 is 1.53 bits per heavy atom. The molecule has 1 unspecified atom stereocenters. The summed E-state index contributed by atoms with van der Waals surface area (Å²) in [6, 6.07) is 0. The fourth-order valence-corrected chi connectivity index (χ4v) is 2.15. The Bertz CT molecular complexity index is 329. The Kier molecular flexibility index (Phi) is 5.60. The quantitative estimate of drug-likeness (QED) is 0.616. The number of hydrogen-bond acceptors (Lipinski definition) is 3. The topological polar surface area (TPSA) is 63.6 Å². The molecule has 0 aliphatic carbocycles. The molecule has 19 heavy (non-hydrogen) atoms. The van der Waals surface area contributed by atoms with Crippen LogP contribution in [0.5, 0.6) is 0 Å². The van der Waals surface area contributed by atoms with Gasteiger partial charge in [-0.2, -0.15) is 0 Å². The molecule has 0 heterocycles. The minimum atomic E-state index is -1.49. The van der Waals surface area contributed by atoms with Crippen LogP contribution in [0, 0.1) is 22.7 Å². The first-order valence-corrected chi connectivity index (χ1v) is 6.82. The lowest BCUT2D eigenvalue weighted by Gasteiger charge is -2.37. The monoisotopic (exact) mass is 272 g/mol. The third-order valence-electron chi connectivity index (χ3n) is 4.02. The number of aliphatic carboxylic acids is 1. The Hall–Kier alpha value is -1.06. The largest absolute Gasteiger partial charge is 0.480 e. The average molecular weight is 272 g/mol. The first-order valence-electron chi connectivity index (χ1n) is 6.82. The van der Waals surface area contributed by atoms with E-state index in [9.17, 15) is 14.7 Å². The fourth-order valence-electron chi connectivity index (χ4n) is 2.15. The zero-order valence-electron chi connectivity index (χ0n) is 13.4. The van der Waals surface area contributed by atoms with Crippen molar-refractivity contribution in [1.29, 1.82) is 0 Å². The summed E-state index contributed by atoms with van der Waals surface area (Å²) in [5.41, 5.74) is -1.70. The van der Waals surface area contributed by atoms with Crippen LogP contribution in [0.25, 0.3) is 0 Å². The van der Waals surface area contributed by atoms with E-state index in [1.807, 2.05) is 20.8 Å². The average Bonchev–Trinajstić information content (AvgIpc) is 2.14. The lowest BCUT2D eigenvalue weighted by molar-refractivity contribution is -0.183. The second kappa shape index (κ2) is 5.93. The normalized spacial score (nSPS) is 14.6. The van der Waals surface area contributed by atoms with Crippen LogP contribution in [-0.2, 0) is 14.3 Å². The van der Waals surface area contributed by atoms with E-state index in [0.29, 0.717) is 0 Å². The Morgan fingerprint density at radius 2 is 1.32 bits per heavy atom. The summed E-state index contributed by atoms with van der Waals surface area (Å²) in [4.78, 5) is 24.1. The number of esters is 1. The summed E-state index contributed by atoms with van der Waals surface area (Å²) in [5, 5.41) is 9.55. The van der Waals surface area contributed by atoms with E-state index in [4.69, 9.17) is 4.74 Å². The predicted octanol–water partition coefficient (Wildman–Crippen LogP) is 3.35. The molecule has 0 aromatic carbocycles. The standard InChI is InChI=1S/C15H28O4/c1-9(2)15(10(3)4,12(16)17)13(18)19-11(5)14(6,7)8/h9-11H,1-8H3,(H,16,17). The molecule has 0 aromatic heterocycles. The fraction of sp³-hybridized carbons (Fsp3) is 0.867. The van der Waals surface area contributed by atoms with Gasteiger partial charge in [0.05, 0.1) is 0 Å². The van der Waals surface area contributed by atoms with Gasteiger partial charge in [-0.15, -0.1) is 0 Å². The lowest BCUT2D eigenvalue weighted by Crippen LogP contribution is -2.50. The summed E-state index contributed by atoms with van der Waals surface area (Å²) in [6.07, 6.45) is -0.337. The zero-order chi connectivity index (χ0) is 15.6. The summed E-state index contributed by atoms with van der Waals surface area (Å²) in [6.45, 7) is 14.7. The third-order valence-corrected chi connectivity index (χ3v) is 4.02. The molecule has 112 valence electrons. The van der Waals surface area contributed by atoms with Crippen LogP contribution >= 0.6 is 0 Å². The highest BCUT2D eigenvalue weighted by molar-refractivity contribution is 5.99. The smallest absolute Gasteiger partial charge is 0.324 e. The van der Waals surface area contributed by atoms with Crippen LogP contribution < -0.4 is 0 Å². The van der Waals surface area contributed by atoms with Crippen LogP contribution in [0.2, 0.25) is 0 Å². The number of carbonyl (C=O) groups is 2. The number of ether oxygens (including phenoxy) is 1. The van der Waals surface area contributed by atoms with E-state index in [0.717, 1.165) is 0 Å². The molecule has 1 N–H and O–H groups in total. The Labute approximate surface area is 116 Å². The molecule has 0 saturated carbocycles. The van der Waals surface area contributed by atoms with Gasteiger partial charge in [0.1, 0.15) is 6.10 Å². The van der Waals surface area contributed by atoms with Gasteiger partial charge in [0.25, 0.3) is 0 Å². The highest BCUT2D eigenvalue weighted by atomic mass is 16.5. The molecule has 4 nitrogen and oxygen atoms in total. The van der Waals surface area contributed by atoms with Gasteiger partial charge in [0.2, 0.25) is 0 Å². The SMILES string of the molecule is CC(OC(=O)C(C(=O)O)(C(C)C)C(C)C)C(C)(C)C. The van der Waals surface area contributed by atoms with Crippen LogP contribution in [0.4, 0.5) is 0 Å². The number of carbonyl (C=O) groups excluding carboxylic acids is 1. The molecule has 0 bridgehead atoms. The van der Waals surface area contributed by atoms with E-state index < -0.39 is 17.4 Å². The highest BCUT2D eigenvalue weighted by Crippen LogP contribution is 2.39. The van der Waals surface area contributed by atoms with E-state index in [-0.39, 0.29) is 23.4 Å². The Morgan fingerprint density at radius 1 is 0.947 bits per heavy atom. The molecular formula is C15H28O4. The predicted molar refractivity (Wildman–Crippen MR) is 74.8 cm³/mol. The zero-order valence-corrected chi connectivity index (χ0v) is 13.4. The maximum atomic E-state index is 12.4. The van der Waals surface area contributed by atoms with Crippen LogP contribution in [0.15, 0.2) is 0 Å². The van der Waals surface area contributed by atoms with Gasteiger partial charge in [-0.3, -0.25) is 9.59 Å². The van der Waals surface area contributed by atoms with Gasteiger partial charge in [-0.05, 0) is 24.2 Å². The van der Waals surface area contributed by atoms with E-state index in [2.05, 4.69) is 0 Å². The van der Waals surface area contributed by atoms with Crippen molar-refractivity contribution in [2.24, 2.45) is 22.7 Å². The molecule has 0 saturated heterocycles. The first-order chi connectivity index (χ1) is 8.38. The summed E-state index contributed by atoms with van der Waals surface area (Å²) in [5.74, 6) is -2.40. The maximum absolute atomic E-state index is 12.4. The highest BCUT2D eigenvalue weighted by Gasteiger charge is 2.53. The van der Waals surface area contributed by atoms with Gasteiger partial charge in [-0.25, -0.2) is 0 Å². The maximum Gasteiger partial charge on any atom is 0.324 e. The second-order valence-electron chi connectivity index (χ2n) is 6.90. The minimum absolute atomic E-state index is 0.214. The molecule has 4 heteroatoms. The van der Waals surface area contributed by atoms with Crippen molar-refractivity contribution in [3.63, 3.8) is 0 Å². The number of carboxylic acid groups (broad SMARTS) is 1. The van der Waals surface area contributed by atoms with Gasteiger partial charge in [-0.1, -0.05) is 48.5 Å². The number of carboxylic acids is 1. The number of hydrogen-bond donors (Lipinski definition) is 1. The first kappa shape index (κ1) is 17.9. The molecule has 0 radical (unpaired) electrons. The van der Waals surface area contributed by atoms with Crippen molar-refractivity contribution in [1.82, 2.24) is 0 Å². The molecule has 0 amide bonds. The van der Waals surface area contributed by atoms with Gasteiger partial charge < -0.3 is 9.84 Å². The molecule has 0 spiro atoms. The van der Waals surface area contributed by atoms with Crippen LogP contribution in [-0.4, -0.2) is 23.1 Å². The van der Waals surface area contributed by atoms with Crippen molar-refractivity contribution in [2.45, 2.75) is 61.5 Å². The molecule has 0 fully saturated rings. The Balaban J connectivity index is 5.43. The lowest BCUT2D eigenvalue weighted by atomic mass is 9.69. The number of rotatable bonds is 5. The van der Waals surface area contributed by atoms with Gasteiger partial charge >= 0.3 is 11.9 Å². The minimum Gasteiger partial charge on any atom is -0.480 e. The van der Waals surface area contributed by atoms with E-state index in [1.54, 1.807) is 34.6 Å². The van der Waals surface area contributed by atoms with Crippen molar-refractivity contribution in [2.75, 3.05) is 0 Å². The van der Waals surface area contributed by atoms with Gasteiger partial charge in [0.15, 0.2) is 5.41 Å². The molecule has 0 rings (SSSR count).